The molecule has 14 nitrogen and oxygen atoms in total. The lowest BCUT2D eigenvalue weighted by Gasteiger charge is -2.19. The Morgan fingerprint density at radius 1 is 1.14 bits per heavy atom. The van der Waals surface area contributed by atoms with Crippen LogP contribution < -0.4 is 11.2 Å². The van der Waals surface area contributed by atoms with Crippen molar-refractivity contribution in [1.82, 2.24) is 9.13 Å². The summed E-state index contributed by atoms with van der Waals surface area (Å²) in [7, 11) is -8.17. The molecule has 0 amide bonds. The molecule has 1 aromatic carbocycles. The van der Waals surface area contributed by atoms with Crippen LogP contribution in [0.25, 0.3) is 0 Å². The second-order valence-corrected chi connectivity index (χ2v) is 12.1. The molecule has 2 unspecified atom stereocenters. The van der Waals surface area contributed by atoms with Crippen molar-refractivity contribution >= 4 is 26.8 Å². The first-order valence-electron chi connectivity index (χ1n) is 9.99. The molecule has 1 aromatic heterocycles. The van der Waals surface area contributed by atoms with Crippen LogP contribution in [-0.2, 0) is 36.9 Å². The first-order valence-corrected chi connectivity index (χ1v) is 13.9. The van der Waals surface area contributed by atoms with E-state index in [0.717, 1.165) is 9.13 Å². The van der Waals surface area contributed by atoms with E-state index in [1.165, 1.54) is 19.3 Å². The zero-order valence-electron chi connectivity index (χ0n) is 18.2. The minimum Gasteiger partial charge on any atom is -0.389 e. The topological polar surface area (TPSA) is 202 Å². The zero-order chi connectivity index (χ0) is 26.0. The van der Waals surface area contributed by atoms with Crippen LogP contribution in [0.2, 0.25) is 5.02 Å². The van der Waals surface area contributed by atoms with Crippen molar-refractivity contribution in [3.63, 3.8) is 0 Å². The minimum absolute atomic E-state index is 0.0534. The summed E-state index contributed by atoms with van der Waals surface area (Å²) in [6.07, 6.45) is -4.77. The summed E-state index contributed by atoms with van der Waals surface area (Å²) < 4.78 is 34.9. The Bertz CT molecular complexity index is 1280. The van der Waals surface area contributed by atoms with Crippen molar-refractivity contribution in [3.05, 3.63) is 63.1 Å². The van der Waals surface area contributed by atoms with Gasteiger partial charge in [0.05, 0.1) is 6.61 Å². The second-order valence-electron chi connectivity index (χ2n) is 7.66. The summed E-state index contributed by atoms with van der Waals surface area (Å²) in [4.78, 5) is 45.3. The van der Waals surface area contributed by atoms with Crippen molar-refractivity contribution in [2.24, 2.45) is 12.2 Å². The molecule has 2 aromatic rings. The van der Waals surface area contributed by atoms with Gasteiger partial charge in [0.15, 0.2) is 17.6 Å². The molecule has 5 atom stereocenters. The van der Waals surface area contributed by atoms with Crippen LogP contribution in [0.5, 0.6) is 0 Å². The Morgan fingerprint density at radius 2 is 1.83 bits per heavy atom. The van der Waals surface area contributed by atoms with Crippen LogP contribution in [0.1, 0.15) is 11.8 Å². The van der Waals surface area contributed by atoms with E-state index in [0.29, 0.717) is 10.6 Å². The van der Waals surface area contributed by atoms with E-state index >= 15 is 0 Å². The Balaban J connectivity index is 1.72. The van der Waals surface area contributed by atoms with Gasteiger partial charge in [-0.3, -0.25) is 18.3 Å². The van der Waals surface area contributed by atoms with Crippen LogP contribution >= 0.6 is 26.8 Å². The number of aromatic nitrogens is 2. The van der Waals surface area contributed by atoms with Gasteiger partial charge in [-0.15, -0.1) is 0 Å². The van der Waals surface area contributed by atoms with Crippen molar-refractivity contribution in [2.45, 2.75) is 31.1 Å². The average Bonchev–Trinajstić information content (AvgIpc) is 3.03. The number of benzene rings is 1. The lowest BCUT2D eigenvalue weighted by Crippen LogP contribution is -2.42. The summed E-state index contributed by atoms with van der Waals surface area (Å²) in [5.41, 5.74) is 0.122. The molecular formula is C18H24ClN3O11P2. The van der Waals surface area contributed by atoms with Crippen molar-refractivity contribution < 1.29 is 48.1 Å². The maximum atomic E-state index is 12.8. The lowest BCUT2D eigenvalue weighted by molar-refractivity contribution is -0.0530. The zero-order valence-corrected chi connectivity index (χ0v) is 20.7. The molecule has 1 fully saturated rings. The van der Waals surface area contributed by atoms with Gasteiger partial charge < -0.3 is 39.0 Å². The highest BCUT2D eigenvalue weighted by atomic mass is 35.5. The fourth-order valence-electron chi connectivity index (χ4n) is 3.22. The molecule has 0 saturated carbocycles. The monoisotopic (exact) mass is 555 g/mol. The molecule has 5 N–H and O–H groups in total. The average molecular weight is 556 g/mol. The van der Waals surface area contributed by atoms with Crippen molar-refractivity contribution in [1.29, 1.82) is 0 Å². The van der Waals surface area contributed by atoms with Gasteiger partial charge in [0.25, 0.3) is 0 Å². The third kappa shape index (κ3) is 7.11. The van der Waals surface area contributed by atoms with E-state index in [-0.39, 0.29) is 12.1 Å². The molecule has 1 aliphatic heterocycles. The number of aliphatic hydroxyl groups is 2. The van der Waals surface area contributed by atoms with Gasteiger partial charge >= 0.3 is 20.9 Å². The molecular weight excluding hydrogens is 532 g/mol. The van der Waals surface area contributed by atoms with E-state index in [1.54, 1.807) is 24.3 Å². The number of aliphatic hydroxyl groups excluding tert-OH is 2. The van der Waals surface area contributed by atoms with Gasteiger partial charge in [0.1, 0.15) is 24.9 Å². The van der Waals surface area contributed by atoms with Crippen LogP contribution in [0.3, 0.4) is 0 Å². The predicted molar refractivity (Wildman–Crippen MR) is 120 cm³/mol. The fourth-order valence-corrected chi connectivity index (χ4v) is 5.98. The summed E-state index contributed by atoms with van der Waals surface area (Å²) >= 11 is 6.06. The molecule has 0 spiro atoms. The first-order chi connectivity index (χ1) is 16.3. The number of nitrogens with zero attached hydrogens (tertiary/aromatic N) is 3. The Hall–Kier alpha value is -1.83. The molecule has 1 aliphatic rings. The maximum absolute atomic E-state index is 12.8. The predicted octanol–water partition coefficient (Wildman–Crippen LogP) is -0.171. The lowest BCUT2D eigenvalue weighted by atomic mass is 10.1. The summed E-state index contributed by atoms with van der Waals surface area (Å²) in [5, 5.41) is 25.0. The molecule has 0 radical (unpaired) electrons. The number of halogens is 1. The van der Waals surface area contributed by atoms with Crippen LogP contribution in [0.4, 0.5) is 0 Å². The highest BCUT2D eigenvalue weighted by Crippen LogP contribution is 2.55. The third-order valence-electron chi connectivity index (χ3n) is 4.99. The second kappa shape index (κ2) is 11.1. The molecule has 194 valence electrons. The molecule has 3 rings (SSSR count). The van der Waals surface area contributed by atoms with Crippen molar-refractivity contribution in [3.8, 4) is 0 Å². The SMILES string of the molecule is Cn1c(=O)n([C@@H]2O[C@H](COP(=O)(O)CP(=O)(O)O)[C@H](O)C2O)cc/c1=N/OCc1ccccc1Cl. The molecule has 2 heterocycles. The normalized spacial score (nSPS) is 24.9. The molecule has 0 aliphatic carbocycles. The Morgan fingerprint density at radius 3 is 2.49 bits per heavy atom. The van der Waals surface area contributed by atoms with Gasteiger partial charge in [-0.1, -0.05) is 35.0 Å². The van der Waals surface area contributed by atoms with Gasteiger partial charge in [-0.05, 0) is 6.07 Å². The van der Waals surface area contributed by atoms with E-state index in [1.807, 2.05) is 0 Å². The number of hydrogen-bond acceptors (Lipinski definition) is 9. The van der Waals surface area contributed by atoms with Gasteiger partial charge in [0, 0.05) is 29.9 Å². The van der Waals surface area contributed by atoms with Gasteiger partial charge in [-0.25, -0.2) is 4.79 Å². The smallest absolute Gasteiger partial charge is 0.340 e. The van der Waals surface area contributed by atoms with E-state index in [4.69, 9.17) is 31.0 Å². The standard InChI is InChI=1S/C18H24ClN3O11P2/c1-21-14(20-31-8-11-4-2-3-5-12(11)19)6-7-22(18(21)25)17-16(24)15(23)13(33-17)9-32-35(29,30)10-34(26,27)28/h2-7,13,15-17,23-24H,8-10H2,1H3,(H,29,30)(H2,26,27,28)/b20-14-/t13-,15+,16?,17-/m1/s1. The Labute approximate surface area is 203 Å². The molecule has 35 heavy (non-hydrogen) atoms. The molecule has 0 bridgehead atoms. The maximum Gasteiger partial charge on any atom is 0.340 e. The highest BCUT2D eigenvalue weighted by Gasteiger charge is 2.45. The Kier molecular flexibility index (Phi) is 8.77. The summed E-state index contributed by atoms with van der Waals surface area (Å²) in [6.45, 7) is -0.718. The number of ether oxygens (including phenoxy) is 1. The van der Waals surface area contributed by atoms with E-state index < -0.39 is 57.9 Å². The van der Waals surface area contributed by atoms with Crippen LogP contribution in [0, 0.1) is 0 Å². The number of rotatable bonds is 9. The fraction of sp³-hybridized carbons (Fsp3) is 0.444. The quantitative estimate of drug-likeness (QED) is 0.203. The first kappa shape index (κ1) is 27.8. The molecule has 1 saturated heterocycles. The summed E-state index contributed by atoms with van der Waals surface area (Å²) in [6, 6.07) is 8.38. The largest absolute Gasteiger partial charge is 0.389 e. The number of hydrogen-bond donors (Lipinski definition) is 5. The highest BCUT2D eigenvalue weighted by molar-refractivity contribution is 7.70. The van der Waals surface area contributed by atoms with Gasteiger partial charge in [0.2, 0.25) is 0 Å². The van der Waals surface area contributed by atoms with Gasteiger partial charge in [-0.2, -0.15) is 0 Å². The van der Waals surface area contributed by atoms with E-state index in [2.05, 4.69) is 9.68 Å². The van der Waals surface area contributed by atoms with E-state index in [9.17, 15) is 29.0 Å². The van der Waals surface area contributed by atoms with Crippen LogP contribution in [0.15, 0.2) is 46.5 Å². The summed E-state index contributed by atoms with van der Waals surface area (Å²) in [5.74, 6) is -1.42. The van der Waals surface area contributed by atoms with Crippen molar-refractivity contribution in [2.75, 3.05) is 12.5 Å². The third-order valence-corrected chi connectivity index (χ3v) is 8.81. The minimum atomic E-state index is -4.85. The molecule has 17 heteroatoms. The van der Waals surface area contributed by atoms with Crippen LogP contribution in [-0.4, -0.2) is 64.8 Å².